The number of aromatic nitrogens is 1. The number of halogens is 1. The highest BCUT2D eigenvalue weighted by atomic mass is 35.5. The lowest BCUT2D eigenvalue weighted by Crippen LogP contribution is -1.89. The van der Waals surface area contributed by atoms with Crippen LogP contribution in [0.4, 0.5) is 0 Å². The largest absolute Gasteiger partial charge is 0.363 e. The molecule has 0 spiro atoms. The molecule has 14 heavy (non-hydrogen) atoms. The Labute approximate surface area is 85.3 Å². The van der Waals surface area contributed by atoms with Crippen LogP contribution in [-0.2, 0) is 0 Å². The van der Waals surface area contributed by atoms with Crippen LogP contribution in [0, 0.1) is 0 Å². The van der Waals surface area contributed by atoms with E-state index in [1.165, 1.54) is 6.26 Å². The molecule has 1 aromatic heterocycles. The standard InChI is InChI=1S/C10H6ClNO2/c11-10(13)8-6-14-12-9(8)7-4-2-1-3-5-7/h1-6H. The minimum absolute atomic E-state index is 0.290. The van der Waals surface area contributed by atoms with Crippen molar-refractivity contribution in [2.75, 3.05) is 0 Å². The van der Waals surface area contributed by atoms with Gasteiger partial charge >= 0.3 is 0 Å². The molecule has 1 aromatic carbocycles. The van der Waals surface area contributed by atoms with E-state index < -0.39 is 5.24 Å². The average molecular weight is 208 g/mol. The second kappa shape index (κ2) is 3.64. The molecule has 0 aliphatic rings. The molecule has 0 aliphatic heterocycles. The Morgan fingerprint density at radius 1 is 1.29 bits per heavy atom. The summed E-state index contributed by atoms with van der Waals surface area (Å²) < 4.78 is 4.71. The van der Waals surface area contributed by atoms with Crippen molar-refractivity contribution in [1.29, 1.82) is 0 Å². The predicted molar refractivity (Wildman–Crippen MR) is 52.1 cm³/mol. The quantitative estimate of drug-likeness (QED) is 0.712. The van der Waals surface area contributed by atoms with Crippen molar-refractivity contribution in [2.24, 2.45) is 0 Å². The first-order chi connectivity index (χ1) is 6.79. The summed E-state index contributed by atoms with van der Waals surface area (Å²) >= 11 is 5.36. The van der Waals surface area contributed by atoms with Crippen molar-refractivity contribution >= 4 is 16.8 Å². The summed E-state index contributed by atoms with van der Waals surface area (Å²) in [7, 11) is 0. The number of nitrogens with zero attached hydrogens (tertiary/aromatic N) is 1. The van der Waals surface area contributed by atoms with E-state index in [9.17, 15) is 4.79 Å². The third-order valence-corrected chi connectivity index (χ3v) is 2.03. The molecule has 0 aliphatic carbocycles. The minimum Gasteiger partial charge on any atom is -0.363 e. The second-order valence-electron chi connectivity index (χ2n) is 2.72. The topological polar surface area (TPSA) is 43.1 Å². The van der Waals surface area contributed by atoms with Gasteiger partial charge in [0.2, 0.25) is 0 Å². The first-order valence-electron chi connectivity index (χ1n) is 3.98. The minimum atomic E-state index is -0.565. The summed E-state index contributed by atoms with van der Waals surface area (Å²) in [6.45, 7) is 0. The van der Waals surface area contributed by atoms with Crippen LogP contribution in [0.5, 0.6) is 0 Å². The molecule has 0 atom stereocenters. The Balaban J connectivity index is 2.52. The van der Waals surface area contributed by atoms with Crippen LogP contribution < -0.4 is 0 Å². The Morgan fingerprint density at radius 2 is 2.00 bits per heavy atom. The van der Waals surface area contributed by atoms with Gasteiger partial charge in [-0.15, -0.1) is 0 Å². The summed E-state index contributed by atoms with van der Waals surface area (Å²) in [5, 5.41) is 3.16. The van der Waals surface area contributed by atoms with Gasteiger partial charge < -0.3 is 4.52 Å². The van der Waals surface area contributed by atoms with Crippen LogP contribution in [0.15, 0.2) is 41.1 Å². The van der Waals surface area contributed by atoms with Crippen LogP contribution in [-0.4, -0.2) is 10.4 Å². The lowest BCUT2D eigenvalue weighted by Gasteiger charge is -1.95. The summed E-state index contributed by atoms with van der Waals surface area (Å²) in [5.74, 6) is 0. The lowest BCUT2D eigenvalue weighted by molar-refractivity contribution is 0.108. The first kappa shape index (κ1) is 8.97. The van der Waals surface area contributed by atoms with Gasteiger partial charge in [0.25, 0.3) is 5.24 Å². The first-order valence-corrected chi connectivity index (χ1v) is 4.36. The van der Waals surface area contributed by atoms with Gasteiger partial charge in [-0.3, -0.25) is 4.79 Å². The van der Waals surface area contributed by atoms with Crippen molar-refractivity contribution in [1.82, 2.24) is 5.16 Å². The maximum atomic E-state index is 11.0. The zero-order valence-corrected chi connectivity index (χ0v) is 7.86. The van der Waals surface area contributed by atoms with Gasteiger partial charge in [0.05, 0.1) is 0 Å². The summed E-state index contributed by atoms with van der Waals surface area (Å²) in [4.78, 5) is 11.0. The maximum Gasteiger partial charge on any atom is 0.257 e. The fraction of sp³-hybridized carbons (Fsp3) is 0. The van der Waals surface area contributed by atoms with E-state index in [1.54, 1.807) is 0 Å². The van der Waals surface area contributed by atoms with E-state index in [4.69, 9.17) is 16.1 Å². The Bertz CT molecular complexity index is 450. The molecule has 0 saturated carbocycles. The highest BCUT2D eigenvalue weighted by molar-refractivity contribution is 6.68. The number of benzene rings is 1. The van der Waals surface area contributed by atoms with Crippen LogP contribution >= 0.6 is 11.6 Å². The molecule has 0 unspecified atom stereocenters. The molecule has 0 saturated heterocycles. The van der Waals surface area contributed by atoms with Gasteiger partial charge in [-0.2, -0.15) is 0 Å². The Hall–Kier alpha value is -1.61. The molecule has 0 amide bonds. The molecule has 4 heteroatoms. The van der Waals surface area contributed by atoms with Crippen LogP contribution in [0.25, 0.3) is 11.3 Å². The maximum absolute atomic E-state index is 11.0. The highest BCUT2D eigenvalue weighted by Gasteiger charge is 2.14. The molecule has 0 bridgehead atoms. The number of rotatable bonds is 2. The molecule has 3 nitrogen and oxygen atoms in total. The van der Waals surface area contributed by atoms with Gasteiger partial charge in [0.15, 0.2) is 0 Å². The predicted octanol–water partition coefficient (Wildman–Crippen LogP) is 2.72. The number of carbonyl (C=O) groups is 1. The average Bonchev–Trinajstić information content (AvgIpc) is 2.67. The van der Waals surface area contributed by atoms with E-state index in [2.05, 4.69) is 5.16 Å². The van der Waals surface area contributed by atoms with E-state index in [0.717, 1.165) is 5.56 Å². The molecule has 0 N–H and O–H groups in total. The smallest absolute Gasteiger partial charge is 0.257 e. The van der Waals surface area contributed by atoms with Crippen LogP contribution in [0.3, 0.4) is 0 Å². The van der Waals surface area contributed by atoms with Crippen molar-refractivity contribution in [3.05, 3.63) is 42.2 Å². The molecular formula is C10H6ClNO2. The Kier molecular flexibility index (Phi) is 2.33. The van der Waals surface area contributed by atoms with Gasteiger partial charge in [0.1, 0.15) is 17.5 Å². The number of hydrogen-bond acceptors (Lipinski definition) is 3. The van der Waals surface area contributed by atoms with Crippen molar-refractivity contribution in [2.45, 2.75) is 0 Å². The van der Waals surface area contributed by atoms with Crippen molar-refractivity contribution in [3.8, 4) is 11.3 Å². The third-order valence-electron chi connectivity index (χ3n) is 1.83. The molecule has 70 valence electrons. The zero-order valence-electron chi connectivity index (χ0n) is 7.11. The molecule has 2 rings (SSSR count). The fourth-order valence-electron chi connectivity index (χ4n) is 1.18. The van der Waals surface area contributed by atoms with Crippen LogP contribution in [0.2, 0.25) is 0 Å². The SMILES string of the molecule is O=C(Cl)c1conc1-c1ccccc1. The molecule has 2 aromatic rings. The van der Waals surface area contributed by atoms with E-state index in [0.29, 0.717) is 5.69 Å². The summed E-state index contributed by atoms with van der Waals surface area (Å²) in [5.41, 5.74) is 1.58. The third kappa shape index (κ3) is 1.54. The van der Waals surface area contributed by atoms with Gasteiger partial charge in [-0.25, -0.2) is 0 Å². The summed E-state index contributed by atoms with van der Waals surface area (Å²) in [6.07, 6.45) is 1.25. The normalized spacial score (nSPS) is 10.1. The molecule has 0 fully saturated rings. The molecule has 0 radical (unpaired) electrons. The molecule has 1 heterocycles. The van der Waals surface area contributed by atoms with Crippen molar-refractivity contribution in [3.63, 3.8) is 0 Å². The molecular weight excluding hydrogens is 202 g/mol. The Morgan fingerprint density at radius 3 is 2.64 bits per heavy atom. The van der Waals surface area contributed by atoms with E-state index in [-0.39, 0.29) is 5.56 Å². The van der Waals surface area contributed by atoms with E-state index in [1.807, 2.05) is 30.3 Å². The van der Waals surface area contributed by atoms with E-state index >= 15 is 0 Å². The second-order valence-corrected chi connectivity index (χ2v) is 3.06. The van der Waals surface area contributed by atoms with Gasteiger partial charge in [-0.05, 0) is 11.6 Å². The zero-order chi connectivity index (χ0) is 9.97. The van der Waals surface area contributed by atoms with Gasteiger partial charge in [-0.1, -0.05) is 35.5 Å². The summed E-state index contributed by atoms with van der Waals surface area (Å²) in [6, 6.07) is 9.26. The number of carbonyl (C=O) groups excluding carboxylic acids is 1. The fourth-order valence-corrected chi connectivity index (χ4v) is 1.31. The lowest BCUT2D eigenvalue weighted by atomic mass is 10.1. The number of hydrogen-bond donors (Lipinski definition) is 0. The van der Waals surface area contributed by atoms with Gasteiger partial charge in [0, 0.05) is 5.56 Å². The van der Waals surface area contributed by atoms with Crippen molar-refractivity contribution < 1.29 is 9.32 Å². The monoisotopic (exact) mass is 207 g/mol. The van der Waals surface area contributed by atoms with Crippen LogP contribution in [0.1, 0.15) is 10.4 Å². The highest BCUT2D eigenvalue weighted by Crippen LogP contribution is 2.22.